The van der Waals surface area contributed by atoms with Gasteiger partial charge < -0.3 is 11.1 Å². The largest absolute Gasteiger partial charge is 0.441 e. The molecule has 0 saturated heterocycles. The molecule has 0 aliphatic heterocycles. The molecule has 0 atom stereocenters. The second-order valence-electron chi connectivity index (χ2n) is 2.68. The maximum Gasteiger partial charge on any atom is 0.441 e. The van der Waals surface area contributed by atoms with Crippen LogP contribution >= 0.6 is 11.8 Å². The van der Waals surface area contributed by atoms with Crippen molar-refractivity contribution in [3.05, 3.63) is 18.5 Å². The number of halogens is 3. The molecule has 0 fully saturated rings. The molecule has 0 radical (unpaired) electrons. The highest BCUT2D eigenvalue weighted by atomic mass is 32.2. The molecule has 1 heterocycles. The number of alkyl halides is 3. The number of hydrogen-bond donors (Lipinski definition) is 2. The van der Waals surface area contributed by atoms with E-state index in [1.54, 1.807) is 6.07 Å². The van der Waals surface area contributed by atoms with Crippen molar-refractivity contribution < 1.29 is 13.2 Å². The van der Waals surface area contributed by atoms with Crippen molar-refractivity contribution in [1.29, 1.82) is 0 Å². The molecule has 1 rings (SSSR count). The summed E-state index contributed by atoms with van der Waals surface area (Å²) in [7, 11) is 0. The first-order valence-electron chi connectivity index (χ1n) is 4.13. The highest BCUT2D eigenvalue weighted by molar-refractivity contribution is 8.00. The zero-order chi connectivity index (χ0) is 11.3. The molecule has 3 N–H and O–H groups in total. The predicted molar refractivity (Wildman–Crippen MR) is 55.7 cm³/mol. The Morgan fingerprint density at radius 3 is 2.80 bits per heavy atom. The van der Waals surface area contributed by atoms with Crippen molar-refractivity contribution >= 4 is 23.1 Å². The number of anilines is 2. The van der Waals surface area contributed by atoms with E-state index in [0.717, 1.165) is 0 Å². The fraction of sp³-hybridized carbons (Fsp3) is 0.375. The summed E-state index contributed by atoms with van der Waals surface area (Å²) >= 11 is -0.0603. The van der Waals surface area contributed by atoms with Crippen molar-refractivity contribution in [2.45, 2.75) is 5.51 Å². The fourth-order valence-corrected chi connectivity index (χ4v) is 1.36. The van der Waals surface area contributed by atoms with Crippen LogP contribution in [0.25, 0.3) is 0 Å². The van der Waals surface area contributed by atoms with Crippen molar-refractivity contribution in [1.82, 2.24) is 4.98 Å². The molecular formula is C8H10F3N3S. The zero-order valence-electron chi connectivity index (χ0n) is 7.71. The number of hydrogen-bond acceptors (Lipinski definition) is 4. The molecule has 0 aliphatic rings. The third-order valence-corrected chi connectivity index (χ3v) is 2.27. The molecular weight excluding hydrogens is 227 g/mol. The van der Waals surface area contributed by atoms with Crippen LogP contribution in [-0.4, -0.2) is 22.8 Å². The minimum atomic E-state index is -4.18. The minimum Gasteiger partial charge on any atom is -0.396 e. The highest BCUT2D eigenvalue weighted by Gasteiger charge is 2.27. The van der Waals surface area contributed by atoms with Crippen LogP contribution < -0.4 is 11.1 Å². The lowest BCUT2D eigenvalue weighted by molar-refractivity contribution is -0.0327. The Morgan fingerprint density at radius 1 is 1.47 bits per heavy atom. The molecule has 0 saturated carbocycles. The standard InChI is InChI=1S/C8H10F3N3S/c9-8(10,11)15-4-3-14-7-1-2-13-5-6(7)12/h1-2,5H,3-4,12H2,(H,13,14). The zero-order valence-corrected chi connectivity index (χ0v) is 8.53. The van der Waals surface area contributed by atoms with E-state index in [1.807, 2.05) is 0 Å². The Bertz CT molecular complexity index is 316. The normalized spacial score (nSPS) is 11.4. The number of rotatable bonds is 4. The van der Waals surface area contributed by atoms with Gasteiger partial charge in [0.15, 0.2) is 0 Å². The van der Waals surface area contributed by atoms with Crippen LogP contribution in [-0.2, 0) is 0 Å². The Balaban J connectivity index is 2.30. The van der Waals surface area contributed by atoms with Crippen molar-refractivity contribution in [2.24, 2.45) is 0 Å². The Labute approximate surface area is 89.3 Å². The molecule has 84 valence electrons. The lowest BCUT2D eigenvalue weighted by atomic mass is 10.3. The highest BCUT2D eigenvalue weighted by Crippen LogP contribution is 2.29. The van der Waals surface area contributed by atoms with Gasteiger partial charge in [-0.1, -0.05) is 0 Å². The number of thioether (sulfide) groups is 1. The lowest BCUT2D eigenvalue weighted by Crippen LogP contribution is -2.10. The maximum atomic E-state index is 11.8. The second kappa shape index (κ2) is 5.11. The number of pyridine rings is 1. The summed E-state index contributed by atoms with van der Waals surface area (Å²) in [5.74, 6) is -0.0503. The van der Waals surface area contributed by atoms with Gasteiger partial charge in [-0.3, -0.25) is 4.98 Å². The molecule has 1 aromatic heterocycles. The summed E-state index contributed by atoms with van der Waals surface area (Å²) < 4.78 is 35.3. The topological polar surface area (TPSA) is 50.9 Å². The van der Waals surface area contributed by atoms with E-state index in [1.165, 1.54) is 12.4 Å². The minimum absolute atomic E-state index is 0.0503. The van der Waals surface area contributed by atoms with E-state index in [2.05, 4.69) is 10.3 Å². The maximum absolute atomic E-state index is 11.8. The van der Waals surface area contributed by atoms with Crippen molar-refractivity contribution in [3.63, 3.8) is 0 Å². The summed E-state index contributed by atoms with van der Waals surface area (Å²) in [5.41, 5.74) is 2.39. The quantitative estimate of drug-likeness (QED) is 0.789. The van der Waals surface area contributed by atoms with Crippen LogP contribution in [0, 0.1) is 0 Å². The molecule has 15 heavy (non-hydrogen) atoms. The van der Waals surface area contributed by atoms with Gasteiger partial charge in [0.2, 0.25) is 0 Å². The van der Waals surface area contributed by atoms with Crippen molar-refractivity contribution in [2.75, 3.05) is 23.3 Å². The van der Waals surface area contributed by atoms with E-state index in [9.17, 15) is 13.2 Å². The van der Waals surface area contributed by atoms with E-state index in [-0.39, 0.29) is 24.1 Å². The third kappa shape index (κ3) is 4.78. The summed E-state index contributed by atoms with van der Waals surface area (Å²) in [6.45, 7) is 0.207. The van der Waals surface area contributed by atoms with Gasteiger partial charge in [-0.05, 0) is 17.8 Å². The molecule has 0 bridgehead atoms. The molecule has 3 nitrogen and oxygen atoms in total. The SMILES string of the molecule is Nc1cnccc1NCCSC(F)(F)F. The summed E-state index contributed by atoms with van der Waals surface area (Å²) in [6.07, 6.45) is 2.97. The summed E-state index contributed by atoms with van der Waals surface area (Å²) in [4.78, 5) is 3.76. The summed E-state index contributed by atoms with van der Waals surface area (Å²) in [6, 6.07) is 1.62. The smallest absolute Gasteiger partial charge is 0.396 e. The second-order valence-corrected chi connectivity index (χ2v) is 3.84. The van der Waals surface area contributed by atoms with Gasteiger partial charge in [0, 0.05) is 18.5 Å². The van der Waals surface area contributed by atoms with Crippen LogP contribution in [0.15, 0.2) is 18.5 Å². The molecule has 7 heteroatoms. The Morgan fingerprint density at radius 2 is 2.20 bits per heavy atom. The van der Waals surface area contributed by atoms with Crippen LogP contribution in [0.3, 0.4) is 0 Å². The first-order valence-corrected chi connectivity index (χ1v) is 5.11. The number of nitrogens with two attached hydrogens (primary N) is 1. The molecule has 0 aromatic carbocycles. The summed E-state index contributed by atoms with van der Waals surface area (Å²) in [5, 5.41) is 2.80. The van der Waals surface area contributed by atoms with E-state index >= 15 is 0 Å². The number of nitrogens with one attached hydrogen (secondary N) is 1. The van der Waals surface area contributed by atoms with Gasteiger partial charge in [0.25, 0.3) is 0 Å². The molecule has 1 aromatic rings. The van der Waals surface area contributed by atoms with Gasteiger partial charge in [0.1, 0.15) is 0 Å². The molecule has 0 aliphatic carbocycles. The average molecular weight is 237 g/mol. The molecule has 0 spiro atoms. The number of nitrogens with zero attached hydrogens (tertiary/aromatic N) is 1. The number of nitrogen functional groups attached to an aromatic ring is 1. The van der Waals surface area contributed by atoms with E-state index in [4.69, 9.17) is 5.73 Å². The monoisotopic (exact) mass is 237 g/mol. The number of aromatic nitrogens is 1. The van der Waals surface area contributed by atoms with E-state index in [0.29, 0.717) is 11.4 Å². The van der Waals surface area contributed by atoms with Crippen LogP contribution in [0.1, 0.15) is 0 Å². The molecule has 0 unspecified atom stereocenters. The molecule has 0 amide bonds. The van der Waals surface area contributed by atoms with Gasteiger partial charge in [0.05, 0.1) is 17.6 Å². The van der Waals surface area contributed by atoms with Crippen LogP contribution in [0.2, 0.25) is 0 Å². The third-order valence-electron chi connectivity index (χ3n) is 1.54. The lowest BCUT2D eigenvalue weighted by Gasteiger charge is -2.09. The van der Waals surface area contributed by atoms with E-state index < -0.39 is 5.51 Å². The Kier molecular flexibility index (Phi) is 4.07. The van der Waals surface area contributed by atoms with Crippen LogP contribution in [0.4, 0.5) is 24.5 Å². The van der Waals surface area contributed by atoms with Gasteiger partial charge in [-0.15, -0.1) is 0 Å². The average Bonchev–Trinajstić information content (AvgIpc) is 2.13. The first-order chi connectivity index (χ1) is 6.99. The fourth-order valence-electron chi connectivity index (χ4n) is 0.920. The van der Waals surface area contributed by atoms with Gasteiger partial charge in [-0.25, -0.2) is 0 Å². The van der Waals surface area contributed by atoms with Crippen LogP contribution in [0.5, 0.6) is 0 Å². The van der Waals surface area contributed by atoms with Gasteiger partial charge in [-0.2, -0.15) is 13.2 Å². The van der Waals surface area contributed by atoms with Gasteiger partial charge >= 0.3 is 5.51 Å². The van der Waals surface area contributed by atoms with Crippen molar-refractivity contribution in [3.8, 4) is 0 Å². The first kappa shape index (κ1) is 12.0. The Hall–Kier alpha value is -1.11. The predicted octanol–water partition coefficient (Wildman–Crippen LogP) is 2.33.